The lowest BCUT2D eigenvalue weighted by Crippen LogP contribution is -2.29. The van der Waals surface area contributed by atoms with Crippen molar-refractivity contribution in [2.24, 2.45) is 0 Å². The summed E-state index contributed by atoms with van der Waals surface area (Å²) >= 11 is 5.91. The Kier molecular flexibility index (Phi) is 5.89. The minimum atomic E-state index is -3.68. The molecular formula is C23H21ClN2O4S. The minimum absolute atomic E-state index is 0.192. The molecule has 4 rings (SSSR count). The van der Waals surface area contributed by atoms with E-state index < -0.39 is 10.0 Å². The molecule has 0 fully saturated rings. The smallest absolute Gasteiger partial charge is 0.264 e. The van der Waals surface area contributed by atoms with E-state index in [1.54, 1.807) is 43.3 Å². The van der Waals surface area contributed by atoms with Crippen molar-refractivity contribution in [3.05, 3.63) is 82.9 Å². The maximum Gasteiger partial charge on any atom is 0.264 e. The molecule has 160 valence electrons. The zero-order chi connectivity index (χ0) is 22.0. The van der Waals surface area contributed by atoms with Gasteiger partial charge in [0.25, 0.3) is 15.9 Å². The number of rotatable bonds is 6. The number of ether oxygens (including phenoxy) is 1. The van der Waals surface area contributed by atoms with Crippen molar-refractivity contribution in [3.8, 4) is 5.75 Å². The summed E-state index contributed by atoms with van der Waals surface area (Å²) in [5.41, 5.74) is 2.95. The number of aryl methyl sites for hydroxylation is 1. The van der Waals surface area contributed by atoms with E-state index >= 15 is 0 Å². The van der Waals surface area contributed by atoms with Crippen LogP contribution in [0.5, 0.6) is 5.75 Å². The van der Waals surface area contributed by atoms with Gasteiger partial charge in [-0.2, -0.15) is 0 Å². The fraction of sp³-hybridized carbons (Fsp3) is 0.174. The predicted octanol–water partition coefficient (Wildman–Crippen LogP) is 4.42. The Morgan fingerprint density at radius 1 is 1.10 bits per heavy atom. The monoisotopic (exact) mass is 456 g/mol. The van der Waals surface area contributed by atoms with Crippen LogP contribution < -0.4 is 14.4 Å². The fourth-order valence-electron chi connectivity index (χ4n) is 3.54. The lowest BCUT2D eigenvalue weighted by atomic mass is 10.2. The van der Waals surface area contributed by atoms with E-state index in [9.17, 15) is 13.2 Å². The van der Waals surface area contributed by atoms with Gasteiger partial charge in [-0.1, -0.05) is 35.9 Å². The first-order valence-corrected chi connectivity index (χ1v) is 11.6. The second-order valence-electron chi connectivity index (χ2n) is 7.23. The molecule has 1 aliphatic rings. The molecule has 0 unspecified atom stereocenters. The molecule has 0 saturated heterocycles. The summed E-state index contributed by atoms with van der Waals surface area (Å²) < 4.78 is 33.4. The van der Waals surface area contributed by atoms with Crippen LogP contribution in [0.4, 0.5) is 11.4 Å². The Hall–Kier alpha value is -3.03. The molecule has 8 heteroatoms. The van der Waals surface area contributed by atoms with Crippen LogP contribution in [-0.2, 0) is 21.2 Å². The normalized spacial score (nSPS) is 13.0. The summed E-state index contributed by atoms with van der Waals surface area (Å²) in [7, 11) is -3.68. The molecule has 0 spiro atoms. The van der Waals surface area contributed by atoms with Gasteiger partial charge >= 0.3 is 0 Å². The highest BCUT2D eigenvalue weighted by atomic mass is 35.5. The van der Waals surface area contributed by atoms with Crippen LogP contribution in [0.2, 0.25) is 5.02 Å². The zero-order valence-electron chi connectivity index (χ0n) is 16.8. The Bertz CT molecular complexity index is 1240. The van der Waals surface area contributed by atoms with Gasteiger partial charge in [-0.15, -0.1) is 0 Å². The van der Waals surface area contributed by atoms with Crippen LogP contribution >= 0.6 is 11.6 Å². The number of halogens is 1. The minimum Gasteiger partial charge on any atom is -0.483 e. The summed E-state index contributed by atoms with van der Waals surface area (Å²) in [4.78, 5) is 12.3. The molecule has 6 nitrogen and oxygen atoms in total. The average Bonchev–Trinajstić information content (AvgIpc) is 3.18. The first kappa shape index (κ1) is 21.2. The summed E-state index contributed by atoms with van der Waals surface area (Å²) in [5, 5.41) is 3.22. The molecule has 1 N–H and O–H groups in total. The largest absolute Gasteiger partial charge is 0.483 e. The maximum atomic E-state index is 13.2. The standard InChI is InChI=1S/C23H21ClN2O4S/c1-16-13-20(31(28,29)26-12-11-17-5-2-3-8-21(17)26)9-10-22(16)30-15-23(27)25-19-7-4-6-18(24)14-19/h2-10,13-14H,11-12,15H2,1H3,(H,25,27). The number of carbonyl (C=O) groups excluding carboxylic acids is 1. The van der Waals surface area contributed by atoms with Gasteiger partial charge in [-0.3, -0.25) is 9.10 Å². The van der Waals surface area contributed by atoms with Crippen molar-refractivity contribution in [3.63, 3.8) is 0 Å². The lowest BCUT2D eigenvalue weighted by molar-refractivity contribution is -0.118. The molecular weight excluding hydrogens is 436 g/mol. The number of carbonyl (C=O) groups is 1. The number of amides is 1. The molecule has 1 aliphatic heterocycles. The van der Waals surface area contributed by atoms with E-state index in [1.165, 1.54) is 10.4 Å². The number of sulfonamides is 1. The Morgan fingerprint density at radius 2 is 1.90 bits per heavy atom. The third-order valence-electron chi connectivity index (χ3n) is 5.05. The molecule has 0 atom stereocenters. The molecule has 1 heterocycles. The molecule has 0 saturated carbocycles. The highest BCUT2D eigenvalue weighted by Crippen LogP contribution is 2.33. The first-order valence-electron chi connectivity index (χ1n) is 9.74. The molecule has 31 heavy (non-hydrogen) atoms. The molecule has 3 aromatic rings. The molecule has 1 amide bonds. The van der Waals surface area contributed by atoms with Crippen molar-refractivity contribution in [1.29, 1.82) is 0 Å². The van der Waals surface area contributed by atoms with Crippen molar-refractivity contribution < 1.29 is 17.9 Å². The van der Waals surface area contributed by atoms with Crippen LogP contribution in [-0.4, -0.2) is 27.5 Å². The van der Waals surface area contributed by atoms with Gasteiger partial charge in [0.15, 0.2) is 6.61 Å². The number of benzene rings is 3. The predicted molar refractivity (Wildman–Crippen MR) is 121 cm³/mol. The zero-order valence-corrected chi connectivity index (χ0v) is 18.4. The molecule has 3 aromatic carbocycles. The molecule has 0 radical (unpaired) electrons. The number of fused-ring (bicyclic) bond motifs is 1. The second kappa shape index (κ2) is 8.61. The lowest BCUT2D eigenvalue weighted by Gasteiger charge is -2.20. The van der Waals surface area contributed by atoms with Gasteiger partial charge in [0.1, 0.15) is 5.75 Å². The van der Waals surface area contributed by atoms with Crippen LogP contribution in [0.1, 0.15) is 11.1 Å². The molecule has 0 bridgehead atoms. The van der Waals surface area contributed by atoms with E-state index in [0.29, 0.717) is 35.0 Å². The molecule has 0 aromatic heterocycles. The average molecular weight is 457 g/mol. The van der Waals surface area contributed by atoms with Gasteiger partial charge < -0.3 is 10.1 Å². The quantitative estimate of drug-likeness (QED) is 0.595. The van der Waals surface area contributed by atoms with Crippen LogP contribution in [0, 0.1) is 6.92 Å². The van der Waals surface area contributed by atoms with Crippen molar-refractivity contribution in [2.45, 2.75) is 18.2 Å². The number of para-hydroxylation sites is 1. The number of hydrogen-bond acceptors (Lipinski definition) is 4. The SMILES string of the molecule is Cc1cc(S(=O)(=O)N2CCc3ccccc32)ccc1OCC(=O)Nc1cccc(Cl)c1. The number of nitrogens with one attached hydrogen (secondary N) is 1. The van der Waals surface area contributed by atoms with Crippen LogP contribution in [0.25, 0.3) is 0 Å². The number of anilines is 2. The molecule has 0 aliphatic carbocycles. The highest BCUT2D eigenvalue weighted by Gasteiger charge is 2.30. The van der Waals surface area contributed by atoms with Crippen molar-refractivity contribution in [1.82, 2.24) is 0 Å². The van der Waals surface area contributed by atoms with E-state index in [4.69, 9.17) is 16.3 Å². The van der Waals surface area contributed by atoms with Gasteiger partial charge in [-0.25, -0.2) is 8.42 Å². The van der Waals surface area contributed by atoms with Crippen molar-refractivity contribution in [2.75, 3.05) is 22.8 Å². The van der Waals surface area contributed by atoms with Crippen LogP contribution in [0.15, 0.2) is 71.6 Å². The maximum absolute atomic E-state index is 13.2. The van der Waals surface area contributed by atoms with Gasteiger partial charge in [0.2, 0.25) is 0 Å². The van der Waals surface area contributed by atoms with E-state index in [1.807, 2.05) is 24.3 Å². The van der Waals surface area contributed by atoms with E-state index in [0.717, 1.165) is 11.3 Å². The van der Waals surface area contributed by atoms with Gasteiger partial charge in [-0.05, 0) is 66.9 Å². The first-order chi connectivity index (χ1) is 14.8. The summed E-state index contributed by atoms with van der Waals surface area (Å²) in [6.45, 7) is 1.96. The number of nitrogens with zero attached hydrogens (tertiary/aromatic N) is 1. The summed E-state index contributed by atoms with van der Waals surface area (Å²) in [5.74, 6) is 0.106. The highest BCUT2D eigenvalue weighted by molar-refractivity contribution is 7.92. The third kappa shape index (κ3) is 4.52. The number of hydrogen-bond donors (Lipinski definition) is 1. The Labute approximate surface area is 186 Å². The third-order valence-corrected chi connectivity index (χ3v) is 7.09. The Balaban J connectivity index is 1.45. The fourth-order valence-corrected chi connectivity index (χ4v) is 5.31. The Morgan fingerprint density at radius 3 is 2.68 bits per heavy atom. The summed E-state index contributed by atoms with van der Waals surface area (Å²) in [6.07, 6.45) is 0.692. The van der Waals surface area contributed by atoms with E-state index in [2.05, 4.69) is 5.32 Å². The topological polar surface area (TPSA) is 75.7 Å². The summed E-state index contributed by atoms with van der Waals surface area (Å²) in [6, 6.07) is 19.0. The van der Waals surface area contributed by atoms with Crippen LogP contribution in [0.3, 0.4) is 0 Å². The van der Waals surface area contributed by atoms with E-state index in [-0.39, 0.29) is 17.4 Å². The van der Waals surface area contributed by atoms with Gasteiger partial charge in [0.05, 0.1) is 10.6 Å². The second-order valence-corrected chi connectivity index (χ2v) is 9.53. The van der Waals surface area contributed by atoms with Gasteiger partial charge in [0, 0.05) is 17.3 Å². The van der Waals surface area contributed by atoms with Crippen molar-refractivity contribution >= 4 is 38.9 Å².